The van der Waals surface area contributed by atoms with E-state index in [9.17, 15) is 14.7 Å². The van der Waals surface area contributed by atoms with Gasteiger partial charge in [0, 0.05) is 19.7 Å². The second kappa shape index (κ2) is 10.3. The summed E-state index contributed by atoms with van der Waals surface area (Å²) in [6.07, 6.45) is 0. The first-order valence-corrected chi connectivity index (χ1v) is 10.7. The molecule has 1 amide bonds. The predicted octanol–water partition coefficient (Wildman–Crippen LogP) is 3.86. The smallest absolute Gasteiger partial charge is 0.295 e. The zero-order valence-electron chi connectivity index (χ0n) is 18.9. The van der Waals surface area contributed by atoms with Gasteiger partial charge in [-0.1, -0.05) is 29.8 Å². The maximum absolute atomic E-state index is 13.1. The number of aryl methyl sites for hydroxylation is 1. The van der Waals surface area contributed by atoms with Gasteiger partial charge in [0.15, 0.2) is 0 Å². The Bertz CT molecular complexity index is 1030. The van der Waals surface area contributed by atoms with Crippen LogP contribution in [0.3, 0.4) is 0 Å². The Morgan fingerprint density at radius 1 is 1.06 bits per heavy atom. The highest BCUT2D eigenvalue weighted by molar-refractivity contribution is 6.46. The molecule has 7 nitrogen and oxygen atoms in total. The number of ether oxygens (including phenoxy) is 3. The molecule has 1 unspecified atom stereocenters. The molecule has 1 fully saturated rings. The minimum Gasteiger partial charge on any atom is -0.507 e. The van der Waals surface area contributed by atoms with Gasteiger partial charge < -0.3 is 24.2 Å². The lowest BCUT2D eigenvalue weighted by molar-refractivity contribution is -0.140. The van der Waals surface area contributed by atoms with Crippen LogP contribution in [0.15, 0.2) is 48.0 Å². The van der Waals surface area contributed by atoms with E-state index in [0.717, 1.165) is 11.1 Å². The van der Waals surface area contributed by atoms with E-state index in [0.29, 0.717) is 30.3 Å². The fourth-order valence-corrected chi connectivity index (χ4v) is 3.86. The van der Waals surface area contributed by atoms with Crippen molar-refractivity contribution in [1.29, 1.82) is 0 Å². The summed E-state index contributed by atoms with van der Waals surface area (Å²) in [5.41, 5.74) is 2.08. The van der Waals surface area contributed by atoms with Crippen LogP contribution in [0.4, 0.5) is 0 Å². The summed E-state index contributed by atoms with van der Waals surface area (Å²) >= 11 is 0. The van der Waals surface area contributed by atoms with E-state index in [1.165, 1.54) is 12.0 Å². The number of Topliss-reactive ketones (excluding diaryl/α,β-unsaturated/α-hetero) is 1. The molecule has 7 heteroatoms. The largest absolute Gasteiger partial charge is 0.507 e. The first-order chi connectivity index (χ1) is 15.4. The lowest BCUT2D eigenvalue weighted by Crippen LogP contribution is -2.32. The third-order valence-electron chi connectivity index (χ3n) is 5.25. The molecule has 32 heavy (non-hydrogen) atoms. The third-order valence-corrected chi connectivity index (χ3v) is 5.25. The number of carbonyl (C=O) groups excluding carboxylic acids is 2. The highest BCUT2D eigenvalue weighted by atomic mass is 16.5. The van der Waals surface area contributed by atoms with Gasteiger partial charge in [0.1, 0.15) is 17.3 Å². The van der Waals surface area contributed by atoms with Crippen molar-refractivity contribution in [3.8, 4) is 11.5 Å². The van der Waals surface area contributed by atoms with Crippen molar-refractivity contribution in [1.82, 2.24) is 4.90 Å². The molecule has 2 aromatic carbocycles. The highest BCUT2D eigenvalue weighted by Crippen LogP contribution is 2.41. The number of likely N-dealkylation sites (tertiary alicyclic amines) is 1. The molecule has 170 valence electrons. The molecule has 1 aliphatic rings. The lowest BCUT2D eigenvalue weighted by atomic mass is 9.94. The van der Waals surface area contributed by atoms with Crippen molar-refractivity contribution in [2.24, 2.45) is 0 Å². The molecule has 0 saturated carbocycles. The zero-order valence-corrected chi connectivity index (χ0v) is 18.9. The summed E-state index contributed by atoms with van der Waals surface area (Å²) in [7, 11) is 1.53. The van der Waals surface area contributed by atoms with Crippen LogP contribution >= 0.6 is 0 Å². The van der Waals surface area contributed by atoms with Crippen molar-refractivity contribution in [3.63, 3.8) is 0 Å². The van der Waals surface area contributed by atoms with Crippen LogP contribution in [-0.4, -0.2) is 55.2 Å². The topological polar surface area (TPSA) is 85.3 Å². The molecule has 2 aromatic rings. The Kier molecular flexibility index (Phi) is 7.53. The average Bonchev–Trinajstić information content (AvgIpc) is 3.02. The molecule has 0 aliphatic carbocycles. The van der Waals surface area contributed by atoms with Gasteiger partial charge in [-0.05, 0) is 38.5 Å². The van der Waals surface area contributed by atoms with Crippen LogP contribution in [0.25, 0.3) is 5.76 Å². The molecule has 1 heterocycles. The summed E-state index contributed by atoms with van der Waals surface area (Å²) in [4.78, 5) is 27.4. The first-order valence-electron chi connectivity index (χ1n) is 10.7. The normalized spacial score (nSPS) is 17.6. The molecule has 0 bridgehead atoms. The van der Waals surface area contributed by atoms with Crippen LogP contribution in [0, 0.1) is 6.92 Å². The molecular formula is C25H29NO6. The Morgan fingerprint density at radius 3 is 2.47 bits per heavy atom. The number of aliphatic hydroxyl groups is 1. The number of hydrogen-bond acceptors (Lipinski definition) is 6. The van der Waals surface area contributed by atoms with Gasteiger partial charge in [-0.15, -0.1) is 0 Å². The van der Waals surface area contributed by atoms with Gasteiger partial charge >= 0.3 is 0 Å². The van der Waals surface area contributed by atoms with Crippen molar-refractivity contribution in [2.75, 3.05) is 33.5 Å². The molecule has 1 saturated heterocycles. The second-order valence-corrected chi connectivity index (χ2v) is 7.42. The SMILES string of the molecule is CCOc1ccc(/C(O)=C2/C(=O)C(=O)N(CCOC)C2c2cccc(C)c2)c(OCC)c1. The Labute approximate surface area is 188 Å². The number of nitrogens with zero attached hydrogens (tertiary/aromatic N) is 1. The summed E-state index contributed by atoms with van der Waals surface area (Å²) in [5, 5.41) is 11.3. The Hall–Kier alpha value is -3.32. The predicted molar refractivity (Wildman–Crippen MR) is 121 cm³/mol. The monoisotopic (exact) mass is 439 g/mol. The molecule has 1 atom stereocenters. The van der Waals surface area contributed by atoms with Gasteiger partial charge in [0.2, 0.25) is 0 Å². The van der Waals surface area contributed by atoms with Crippen molar-refractivity contribution in [3.05, 3.63) is 64.7 Å². The van der Waals surface area contributed by atoms with Crippen LogP contribution < -0.4 is 9.47 Å². The van der Waals surface area contributed by atoms with E-state index < -0.39 is 17.7 Å². The lowest BCUT2D eigenvalue weighted by Gasteiger charge is -2.25. The number of ketones is 1. The second-order valence-electron chi connectivity index (χ2n) is 7.42. The quantitative estimate of drug-likeness (QED) is 0.363. The number of hydrogen-bond donors (Lipinski definition) is 1. The van der Waals surface area contributed by atoms with Gasteiger partial charge in [-0.3, -0.25) is 9.59 Å². The first kappa shape index (κ1) is 23.3. The van der Waals surface area contributed by atoms with Gasteiger partial charge in [0.05, 0.1) is 37.0 Å². The number of amides is 1. The average molecular weight is 440 g/mol. The Balaban J connectivity index is 2.19. The minimum atomic E-state index is -0.735. The Morgan fingerprint density at radius 2 is 1.81 bits per heavy atom. The van der Waals surface area contributed by atoms with Crippen LogP contribution in [0.5, 0.6) is 11.5 Å². The fraction of sp³-hybridized carbons (Fsp3) is 0.360. The van der Waals surface area contributed by atoms with Crippen molar-refractivity contribution in [2.45, 2.75) is 26.8 Å². The molecule has 3 rings (SSSR count). The molecule has 1 aliphatic heterocycles. The highest BCUT2D eigenvalue weighted by Gasteiger charge is 2.46. The number of methoxy groups -OCH3 is 1. The summed E-state index contributed by atoms with van der Waals surface area (Å²) in [6.45, 7) is 6.96. The van der Waals surface area contributed by atoms with E-state index in [1.54, 1.807) is 18.2 Å². The number of aliphatic hydroxyl groups excluding tert-OH is 1. The number of benzene rings is 2. The standard InChI is InChI=1S/C25H29NO6/c1-5-31-18-10-11-19(20(15-18)32-6-2)23(27)21-22(17-9-7-8-16(3)14-17)26(12-13-30-4)25(29)24(21)28/h7-11,14-15,22,27H,5-6,12-13H2,1-4H3/b23-21-. The molecule has 0 spiro atoms. The van der Waals surface area contributed by atoms with Crippen molar-refractivity contribution >= 4 is 17.4 Å². The summed E-state index contributed by atoms with van der Waals surface area (Å²) < 4.78 is 16.4. The number of carbonyl (C=O) groups is 2. The van der Waals surface area contributed by atoms with Crippen LogP contribution in [-0.2, 0) is 14.3 Å². The summed E-state index contributed by atoms with van der Waals surface area (Å²) in [5.74, 6) is -0.716. The third kappa shape index (κ3) is 4.62. The van der Waals surface area contributed by atoms with E-state index >= 15 is 0 Å². The van der Waals surface area contributed by atoms with Crippen molar-refractivity contribution < 1.29 is 28.9 Å². The zero-order chi connectivity index (χ0) is 23.3. The minimum absolute atomic E-state index is 0.0295. The van der Waals surface area contributed by atoms with Gasteiger partial charge in [-0.2, -0.15) is 0 Å². The van der Waals surface area contributed by atoms with Crippen LogP contribution in [0.2, 0.25) is 0 Å². The van der Waals surface area contributed by atoms with Gasteiger partial charge in [-0.25, -0.2) is 0 Å². The maximum atomic E-state index is 13.1. The fourth-order valence-electron chi connectivity index (χ4n) is 3.86. The van der Waals surface area contributed by atoms with E-state index in [4.69, 9.17) is 14.2 Å². The molecule has 0 radical (unpaired) electrons. The van der Waals surface area contributed by atoms with E-state index in [1.807, 2.05) is 45.0 Å². The molecule has 1 N–H and O–H groups in total. The number of rotatable bonds is 9. The summed E-state index contributed by atoms with van der Waals surface area (Å²) in [6, 6.07) is 11.8. The van der Waals surface area contributed by atoms with Crippen LogP contribution in [0.1, 0.15) is 36.6 Å². The van der Waals surface area contributed by atoms with E-state index in [-0.39, 0.29) is 24.5 Å². The molecule has 0 aromatic heterocycles. The maximum Gasteiger partial charge on any atom is 0.295 e. The van der Waals surface area contributed by atoms with Gasteiger partial charge in [0.25, 0.3) is 11.7 Å². The molecular weight excluding hydrogens is 410 g/mol. The van der Waals surface area contributed by atoms with E-state index in [2.05, 4.69) is 0 Å².